The standard InChI is InChI=1S/C15H19ClN2O4/c1-9-7-12(13(22-2)8-11(9)16)17-15(21)18-5-3-10(4-6-18)14(19)20/h7-8,10H,3-6H2,1-2H3,(H,17,21)(H,19,20). The highest BCUT2D eigenvalue weighted by Crippen LogP contribution is 2.31. The van der Waals surface area contributed by atoms with Crippen LogP contribution in [0.5, 0.6) is 5.75 Å². The molecule has 1 aromatic rings. The highest BCUT2D eigenvalue weighted by atomic mass is 35.5. The lowest BCUT2D eigenvalue weighted by Gasteiger charge is -2.30. The maximum Gasteiger partial charge on any atom is 0.321 e. The van der Waals surface area contributed by atoms with E-state index in [4.69, 9.17) is 21.4 Å². The normalized spacial score (nSPS) is 15.5. The number of carboxylic acid groups (broad SMARTS) is 1. The summed E-state index contributed by atoms with van der Waals surface area (Å²) in [6.07, 6.45) is 0.944. The fourth-order valence-electron chi connectivity index (χ4n) is 2.45. The monoisotopic (exact) mass is 326 g/mol. The van der Waals surface area contributed by atoms with Gasteiger partial charge in [0.1, 0.15) is 5.75 Å². The molecule has 6 nitrogen and oxygen atoms in total. The highest BCUT2D eigenvalue weighted by molar-refractivity contribution is 6.31. The zero-order valence-corrected chi connectivity index (χ0v) is 13.3. The van der Waals surface area contributed by atoms with Crippen LogP contribution < -0.4 is 10.1 Å². The number of likely N-dealkylation sites (tertiary alicyclic amines) is 1. The predicted octanol–water partition coefficient (Wildman–Crippen LogP) is 2.99. The number of rotatable bonds is 3. The number of nitrogens with zero attached hydrogens (tertiary/aromatic N) is 1. The van der Waals surface area contributed by atoms with Crippen molar-refractivity contribution in [3.8, 4) is 5.75 Å². The molecule has 0 bridgehead atoms. The smallest absolute Gasteiger partial charge is 0.321 e. The fourth-order valence-corrected chi connectivity index (χ4v) is 2.61. The van der Waals surface area contributed by atoms with Gasteiger partial charge in [-0.05, 0) is 31.4 Å². The second-order valence-corrected chi connectivity index (χ2v) is 5.74. The molecule has 1 heterocycles. The van der Waals surface area contributed by atoms with E-state index in [1.165, 1.54) is 7.11 Å². The van der Waals surface area contributed by atoms with E-state index in [2.05, 4.69) is 5.32 Å². The second-order valence-electron chi connectivity index (χ2n) is 5.33. The van der Waals surface area contributed by atoms with Crippen molar-refractivity contribution in [1.29, 1.82) is 0 Å². The summed E-state index contributed by atoms with van der Waals surface area (Å²) < 4.78 is 5.22. The molecule has 7 heteroatoms. The topological polar surface area (TPSA) is 78.9 Å². The van der Waals surface area contributed by atoms with E-state index in [-0.39, 0.29) is 11.9 Å². The molecule has 2 amide bonds. The number of carbonyl (C=O) groups excluding carboxylic acids is 1. The number of ether oxygens (including phenoxy) is 1. The van der Waals surface area contributed by atoms with E-state index < -0.39 is 5.97 Å². The summed E-state index contributed by atoms with van der Waals surface area (Å²) in [4.78, 5) is 24.8. The molecule has 2 rings (SSSR count). The summed E-state index contributed by atoms with van der Waals surface area (Å²) in [5.74, 6) is -0.671. The Morgan fingerprint density at radius 1 is 1.36 bits per heavy atom. The maximum atomic E-state index is 12.3. The van der Waals surface area contributed by atoms with Crippen LogP contribution in [0.4, 0.5) is 10.5 Å². The average molecular weight is 327 g/mol. The van der Waals surface area contributed by atoms with E-state index in [1.54, 1.807) is 17.0 Å². The first-order chi connectivity index (χ1) is 10.4. The molecule has 1 saturated heterocycles. The minimum Gasteiger partial charge on any atom is -0.495 e. The van der Waals surface area contributed by atoms with Crippen LogP contribution in [0.25, 0.3) is 0 Å². The Morgan fingerprint density at radius 2 is 2.00 bits per heavy atom. The summed E-state index contributed by atoms with van der Waals surface area (Å²) in [7, 11) is 1.51. The lowest BCUT2D eigenvalue weighted by atomic mass is 9.97. The van der Waals surface area contributed by atoms with Crippen LogP contribution in [0.3, 0.4) is 0 Å². The number of halogens is 1. The summed E-state index contributed by atoms with van der Waals surface area (Å²) in [6.45, 7) is 2.70. The number of piperidine rings is 1. The number of benzene rings is 1. The number of carboxylic acids is 1. The maximum absolute atomic E-state index is 12.3. The third-order valence-corrected chi connectivity index (χ3v) is 4.26. The van der Waals surface area contributed by atoms with Gasteiger partial charge in [-0.25, -0.2) is 4.79 Å². The Balaban J connectivity index is 2.04. The number of methoxy groups -OCH3 is 1. The minimum atomic E-state index is -0.796. The Hall–Kier alpha value is -1.95. The molecule has 1 fully saturated rings. The summed E-state index contributed by atoms with van der Waals surface area (Å²) in [5.41, 5.74) is 1.39. The highest BCUT2D eigenvalue weighted by Gasteiger charge is 2.27. The lowest BCUT2D eigenvalue weighted by Crippen LogP contribution is -2.42. The van der Waals surface area contributed by atoms with Crippen molar-refractivity contribution >= 4 is 29.3 Å². The summed E-state index contributed by atoms with van der Waals surface area (Å²) in [6, 6.07) is 3.15. The molecule has 22 heavy (non-hydrogen) atoms. The first-order valence-corrected chi connectivity index (χ1v) is 7.43. The molecule has 0 aromatic heterocycles. The average Bonchev–Trinajstić information content (AvgIpc) is 2.50. The van der Waals surface area contributed by atoms with Crippen molar-refractivity contribution in [2.45, 2.75) is 19.8 Å². The van der Waals surface area contributed by atoms with Gasteiger partial charge in [-0.1, -0.05) is 11.6 Å². The third kappa shape index (κ3) is 3.62. The van der Waals surface area contributed by atoms with Gasteiger partial charge in [-0.2, -0.15) is 0 Å². The molecule has 0 spiro atoms. The van der Waals surface area contributed by atoms with Gasteiger partial charge in [0.15, 0.2) is 0 Å². The van der Waals surface area contributed by atoms with Crippen molar-refractivity contribution in [2.75, 3.05) is 25.5 Å². The van der Waals surface area contributed by atoms with Crippen LogP contribution in [0.2, 0.25) is 5.02 Å². The van der Waals surface area contributed by atoms with Crippen molar-refractivity contribution in [1.82, 2.24) is 4.90 Å². The van der Waals surface area contributed by atoms with E-state index >= 15 is 0 Å². The van der Waals surface area contributed by atoms with E-state index in [1.807, 2.05) is 6.92 Å². The lowest BCUT2D eigenvalue weighted by molar-refractivity contribution is -0.143. The Morgan fingerprint density at radius 3 is 2.55 bits per heavy atom. The number of aryl methyl sites for hydroxylation is 1. The summed E-state index contributed by atoms with van der Waals surface area (Å²) in [5, 5.41) is 12.3. The third-order valence-electron chi connectivity index (χ3n) is 3.85. The molecule has 0 radical (unpaired) electrons. The largest absolute Gasteiger partial charge is 0.495 e. The van der Waals surface area contributed by atoms with Crippen molar-refractivity contribution in [3.05, 3.63) is 22.7 Å². The van der Waals surface area contributed by atoms with Gasteiger partial charge in [-0.3, -0.25) is 4.79 Å². The van der Waals surface area contributed by atoms with Crippen molar-refractivity contribution in [3.63, 3.8) is 0 Å². The molecule has 0 aliphatic carbocycles. The van der Waals surface area contributed by atoms with Gasteiger partial charge >= 0.3 is 12.0 Å². The number of urea groups is 1. The predicted molar refractivity (Wildman–Crippen MR) is 83.7 cm³/mol. The van der Waals surface area contributed by atoms with Gasteiger partial charge in [0.05, 0.1) is 18.7 Å². The minimum absolute atomic E-state index is 0.260. The first kappa shape index (κ1) is 16.4. The molecular formula is C15H19ClN2O4. The molecule has 120 valence electrons. The molecule has 1 aliphatic rings. The summed E-state index contributed by atoms with van der Waals surface area (Å²) >= 11 is 6.04. The molecule has 0 unspecified atom stereocenters. The Bertz CT molecular complexity index is 583. The van der Waals surface area contributed by atoms with Gasteiger partial charge in [0.25, 0.3) is 0 Å². The van der Waals surface area contributed by atoms with E-state index in [0.29, 0.717) is 42.4 Å². The van der Waals surface area contributed by atoms with Crippen LogP contribution in [-0.4, -0.2) is 42.2 Å². The Labute approximate surface area is 134 Å². The second kappa shape index (κ2) is 6.87. The van der Waals surface area contributed by atoms with Gasteiger partial charge in [-0.15, -0.1) is 0 Å². The number of anilines is 1. The number of hydrogen-bond acceptors (Lipinski definition) is 3. The molecule has 1 aliphatic heterocycles. The van der Waals surface area contributed by atoms with Crippen molar-refractivity contribution in [2.24, 2.45) is 5.92 Å². The zero-order chi connectivity index (χ0) is 16.3. The van der Waals surface area contributed by atoms with Crippen LogP contribution in [0, 0.1) is 12.8 Å². The number of hydrogen-bond donors (Lipinski definition) is 2. The molecule has 0 atom stereocenters. The number of carbonyl (C=O) groups is 2. The molecular weight excluding hydrogens is 308 g/mol. The number of amides is 2. The van der Waals surface area contributed by atoms with E-state index in [0.717, 1.165) is 5.56 Å². The van der Waals surface area contributed by atoms with Gasteiger partial charge < -0.3 is 20.1 Å². The number of aliphatic carboxylic acids is 1. The van der Waals surface area contributed by atoms with Crippen LogP contribution in [0.1, 0.15) is 18.4 Å². The fraction of sp³-hybridized carbons (Fsp3) is 0.467. The van der Waals surface area contributed by atoms with Crippen LogP contribution in [0.15, 0.2) is 12.1 Å². The molecule has 2 N–H and O–H groups in total. The number of nitrogens with one attached hydrogen (secondary N) is 1. The van der Waals surface area contributed by atoms with Crippen molar-refractivity contribution < 1.29 is 19.4 Å². The molecule has 0 saturated carbocycles. The van der Waals surface area contributed by atoms with Crippen LogP contribution >= 0.6 is 11.6 Å². The quantitative estimate of drug-likeness (QED) is 0.895. The Kier molecular flexibility index (Phi) is 5.13. The SMILES string of the molecule is COc1cc(Cl)c(C)cc1NC(=O)N1CCC(C(=O)O)CC1. The zero-order valence-electron chi connectivity index (χ0n) is 12.6. The van der Waals surface area contributed by atoms with Gasteiger partial charge in [0, 0.05) is 24.2 Å². The van der Waals surface area contributed by atoms with Gasteiger partial charge in [0.2, 0.25) is 0 Å². The van der Waals surface area contributed by atoms with Crippen LogP contribution in [-0.2, 0) is 4.79 Å². The molecule has 1 aromatic carbocycles. The van der Waals surface area contributed by atoms with E-state index in [9.17, 15) is 9.59 Å². The first-order valence-electron chi connectivity index (χ1n) is 7.05.